The maximum Gasteiger partial charge on any atom is 0.372 e. The molecule has 1 rings (SSSR count). The summed E-state index contributed by atoms with van der Waals surface area (Å²) in [5.41, 5.74) is 0.574. The topological polar surface area (TPSA) is 54.0 Å². The summed E-state index contributed by atoms with van der Waals surface area (Å²) in [4.78, 5) is 11.1. The fourth-order valence-corrected chi connectivity index (χ4v) is 0.993. The number of ether oxygens (including phenoxy) is 1. The summed E-state index contributed by atoms with van der Waals surface area (Å²) < 4.78 is 6.44. The van der Waals surface area contributed by atoms with Gasteiger partial charge < -0.3 is 4.74 Å². The van der Waals surface area contributed by atoms with E-state index in [-0.39, 0.29) is 12.5 Å². The van der Waals surface area contributed by atoms with Gasteiger partial charge in [0.15, 0.2) is 12.4 Å². The van der Waals surface area contributed by atoms with Crippen molar-refractivity contribution in [1.82, 2.24) is 0 Å². The number of carbonyl (C=O) groups is 1. The molecule has 4 nitrogen and oxygen atoms in total. The minimum Gasteiger partial charge on any atom is -0.461 e. The van der Waals surface area contributed by atoms with E-state index < -0.39 is 0 Å². The molecule has 72 valence electrons. The quantitative estimate of drug-likeness (QED) is 0.513. The minimum absolute atomic E-state index is 0.180. The van der Waals surface area contributed by atoms with Crippen molar-refractivity contribution in [2.45, 2.75) is 13.5 Å². The summed E-state index contributed by atoms with van der Waals surface area (Å²) in [6.45, 7) is 2.33. The molecular formula is C10H11N2O2+. The van der Waals surface area contributed by atoms with Crippen molar-refractivity contribution in [3.05, 3.63) is 30.1 Å². The molecule has 14 heavy (non-hydrogen) atoms. The maximum atomic E-state index is 11.1. The molecule has 0 aliphatic rings. The normalized spacial score (nSPS) is 9.14. The van der Waals surface area contributed by atoms with Crippen LogP contribution in [0.5, 0.6) is 0 Å². The average Bonchev–Trinajstić information content (AvgIpc) is 2.19. The Bertz CT molecular complexity index is 351. The Balaban J connectivity index is 2.61. The molecule has 0 amide bonds. The minimum atomic E-state index is -0.276. The predicted octanol–water partition coefficient (Wildman–Crippen LogP) is 0.409. The van der Waals surface area contributed by atoms with E-state index in [0.717, 1.165) is 0 Å². The van der Waals surface area contributed by atoms with Crippen LogP contribution in [-0.4, -0.2) is 12.6 Å². The highest BCUT2D eigenvalue weighted by atomic mass is 16.5. The lowest BCUT2D eigenvalue weighted by molar-refractivity contribution is -0.686. The first-order valence-corrected chi connectivity index (χ1v) is 4.31. The molecule has 0 saturated carbocycles. The Kier molecular flexibility index (Phi) is 3.62. The van der Waals surface area contributed by atoms with E-state index in [0.29, 0.717) is 12.2 Å². The van der Waals surface area contributed by atoms with Gasteiger partial charge in [0.1, 0.15) is 0 Å². The third-order valence-corrected chi connectivity index (χ3v) is 1.64. The van der Waals surface area contributed by atoms with Gasteiger partial charge in [-0.1, -0.05) is 0 Å². The Morgan fingerprint density at radius 3 is 2.71 bits per heavy atom. The van der Waals surface area contributed by atoms with Crippen molar-refractivity contribution >= 4 is 5.97 Å². The van der Waals surface area contributed by atoms with Crippen molar-refractivity contribution in [3.8, 4) is 6.07 Å². The zero-order valence-electron chi connectivity index (χ0n) is 7.93. The highest BCUT2D eigenvalue weighted by molar-refractivity contribution is 5.67. The number of esters is 1. The number of rotatable bonds is 3. The summed E-state index contributed by atoms with van der Waals surface area (Å²) in [5.74, 6) is -0.276. The maximum absolute atomic E-state index is 11.1. The molecular weight excluding hydrogens is 180 g/mol. The number of carbonyl (C=O) groups excluding carboxylic acids is 1. The van der Waals surface area contributed by atoms with Crippen molar-refractivity contribution in [3.63, 3.8) is 0 Å². The summed E-state index contributed by atoms with van der Waals surface area (Å²) in [7, 11) is 0. The largest absolute Gasteiger partial charge is 0.461 e. The highest BCUT2D eigenvalue weighted by Crippen LogP contribution is 1.90. The molecule has 0 radical (unpaired) electrons. The fraction of sp³-hybridized carbons (Fsp3) is 0.300. The molecule has 0 aliphatic heterocycles. The van der Waals surface area contributed by atoms with Gasteiger partial charge in [-0.3, -0.25) is 0 Å². The van der Waals surface area contributed by atoms with Crippen LogP contribution in [0.1, 0.15) is 12.5 Å². The SMILES string of the molecule is CCOC(=O)C[n+]1ccc(C#N)cc1. The number of pyridine rings is 1. The van der Waals surface area contributed by atoms with Crippen LogP contribution >= 0.6 is 0 Å². The van der Waals surface area contributed by atoms with Crippen LogP contribution in [0.3, 0.4) is 0 Å². The standard InChI is InChI=1S/C10H11N2O2/c1-2-14-10(13)8-12-5-3-9(7-11)4-6-12/h3-6H,2,8H2,1H3/q+1. The van der Waals surface area contributed by atoms with Gasteiger partial charge in [0.05, 0.1) is 18.2 Å². The van der Waals surface area contributed by atoms with E-state index in [2.05, 4.69) is 0 Å². The second kappa shape index (κ2) is 4.97. The first-order valence-electron chi connectivity index (χ1n) is 4.31. The van der Waals surface area contributed by atoms with Gasteiger partial charge in [-0.15, -0.1) is 0 Å². The molecule has 0 N–H and O–H groups in total. The molecule has 1 aromatic heterocycles. The van der Waals surface area contributed by atoms with Crippen LogP contribution in [0.15, 0.2) is 24.5 Å². The lowest BCUT2D eigenvalue weighted by Crippen LogP contribution is -2.37. The molecule has 0 unspecified atom stereocenters. The number of nitriles is 1. The summed E-state index contributed by atoms with van der Waals surface area (Å²) >= 11 is 0. The number of nitrogens with zero attached hydrogens (tertiary/aromatic N) is 2. The molecule has 0 aromatic carbocycles. The third-order valence-electron chi connectivity index (χ3n) is 1.64. The average molecular weight is 191 g/mol. The molecule has 0 fully saturated rings. The van der Waals surface area contributed by atoms with Gasteiger partial charge in [0.25, 0.3) is 0 Å². The molecule has 0 bridgehead atoms. The van der Waals surface area contributed by atoms with Crippen LogP contribution in [0.25, 0.3) is 0 Å². The molecule has 0 saturated heterocycles. The lowest BCUT2D eigenvalue weighted by atomic mass is 10.3. The van der Waals surface area contributed by atoms with Crippen molar-refractivity contribution in [2.24, 2.45) is 0 Å². The smallest absolute Gasteiger partial charge is 0.372 e. The predicted molar refractivity (Wildman–Crippen MR) is 48.0 cm³/mol. The van der Waals surface area contributed by atoms with E-state index in [1.54, 1.807) is 36.0 Å². The fourth-order valence-electron chi connectivity index (χ4n) is 0.993. The Morgan fingerprint density at radius 1 is 1.57 bits per heavy atom. The van der Waals surface area contributed by atoms with Gasteiger partial charge in [0, 0.05) is 12.1 Å². The van der Waals surface area contributed by atoms with Gasteiger partial charge in [-0.2, -0.15) is 9.83 Å². The van der Waals surface area contributed by atoms with Crippen LogP contribution in [0.2, 0.25) is 0 Å². The zero-order chi connectivity index (χ0) is 10.4. The van der Waals surface area contributed by atoms with Crippen LogP contribution in [-0.2, 0) is 16.1 Å². The Labute approximate surface area is 82.4 Å². The van der Waals surface area contributed by atoms with Crippen LogP contribution in [0, 0.1) is 11.3 Å². The molecule has 0 aliphatic carbocycles. The monoisotopic (exact) mass is 191 g/mol. The van der Waals surface area contributed by atoms with E-state index in [4.69, 9.17) is 10.00 Å². The third kappa shape index (κ3) is 2.87. The first-order chi connectivity index (χ1) is 6.76. The first kappa shape index (κ1) is 10.2. The number of hydrogen-bond donors (Lipinski definition) is 0. The number of aromatic nitrogens is 1. The van der Waals surface area contributed by atoms with Gasteiger partial charge in [-0.05, 0) is 6.92 Å². The second-order valence-corrected chi connectivity index (χ2v) is 2.68. The molecule has 1 heterocycles. The van der Waals surface area contributed by atoms with E-state index in [9.17, 15) is 4.79 Å². The number of hydrogen-bond acceptors (Lipinski definition) is 3. The van der Waals surface area contributed by atoms with Crippen LogP contribution < -0.4 is 4.57 Å². The molecule has 1 aromatic rings. The van der Waals surface area contributed by atoms with Crippen molar-refractivity contribution in [2.75, 3.05) is 6.61 Å². The lowest BCUT2D eigenvalue weighted by Gasteiger charge is -1.97. The van der Waals surface area contributed by atoms with E-state index in [1.165, 1.54) is 0 Å². The Morgan fingerprint density at radius 2 is 2.21 bits per heavy atom. The van der Waals surface area contributed by atoms with Gasteiger partial charge in [-0.25, -0.2) is 4.79 Å². The van der Waals surface area contributed by atoms with Crippen LogP contribution in [0.4, 0.5) is 0 Å². The zero-order valence-corrected chi connectivity index (χ0v) is 7.93. The molecule has 4 heteroatoms. The van der Waals surface area contributed by atoms with E-state index >= 15 is 0 Å². The highest BCUT2D eigenvalue weighted by Gasteiger charge is 2.08. The Hall–Kier alpha value is -1.89. The van der Waals surface area contributed by atoms with E-state index in [1.807, 2.05) is 6.07 Å². The van der Waals surface area contributed by atoms with Gasteiger partial charge >= 0.3 is 5.97 Å². The molecule has 0 spiro atoms. The summed E-state index contributed by atoms with van der Waals surface area (Å²) in [6.07, 6.45) is 3.35. The van der Waals surface area contributed by atoms with Crippen molar-refractivity contribution < 1.29 is 14.1 Å². The molecule has 0 atom stereocenters. The summed E-state index contributed by atoms with van der Waals surface area (Å²) in [6, 6.07) is 5.31. The van der Waals surface area contributed by atoms with Gasteiger partial charge in [0.2, 0.25) is 6.54 Å². The second-order valence-electron chi connectivity index (χ2n) is 2.68. The van der Waals surface area contributed by atoms with Crippen molar-refractivity contribution in [1.29, 1.82) is 5.26 Å². The summed E-state index contributed by atoms with van der Waals surface area (Å²) in [5, 5.41) is 8.54.